The first-order valence-electron chi connectivity index (χ1n) is 7.35. The molecule has 3 saturated carbocycles. The van der Waals surface area contributed by atoms with Crippen LogP contribution in [-0.4, -0.2) is 11.8 Å². The summed E-state index contributed by atoms with van der Waals surface area (Å²) in [4.78, 5) is 11.9. The van der Waals surface area contributed by atoms with Crippen LogP contribution in [-0.2, 0) is 4.79 Å². The highest BCUT2D eigenvalue weighted by molar-refractivity contribution is 5.85. The van der Waals surface area contributed by atoms with Crippen molar-refractivity contribution in [2.45, 2.75) is 64.8 Å². The molecule has 2 N–H and O–H groups in total. The van der Waals surface area contributed by atoms with Gasteiger partial charge in [-0.3, -0.25) is 4.79 Å². The fourth-order valence-corrected chi connectivity index (χ4v) is 3.84. The van der Waals surface area contributed by atoms with Gasteiger partial charge in [-0.15, -0.1) is 0 Å². The fraction of sp³-hybridized carbons (Fsp3) is 0.933. The number of fused-ring (bicyclic) bond motifs is 4. The van der Waals surface area contributed by atoms with Crippen molar-refractivity contribution >= 4 is 5.78 Å². The molecular formula is C15H27NO. The molecule has 2 bridgehead atoms. The molecule has 0 aromatic heterocycles. The number of carbonyl (C=O) groups excluding carboxylic acids is 1. The SMILES string of the molecule is CC(C)C(=O)C(N)CC1CC2CCC(CC2)C1. The topological polar surface area (TPSA) is 43.1 Å². The molecule has 0 spiro atoms. The summed E-state index contributed by atoms with van der Waals surface area (Å²) in [6.45, 7) is 3.91. The number of Topliss-reactive ketones (excluding diaryl/α,β-unsaturated/α-hetero) is 1. The van der Waals surface area contributed by atoms with Crippen molar-refractivity contribution in [2.75, 3.05) is 0 Å². The zero-order valence-electron chi connectivity index (χ0n) is 11.3. The maximum absolute atomic E-state index is 11.9. The zero-order valence-corrected chi connectivity index (χ0v) is 11.3. The lowest BCUT2D eigenvalue weighted by molar-refractivity contribution is -0.123. The van der Waals surface area contributed by atoms with E-state index in [-0.39, 0.29) is 17.7 Å². The Morgan fingerprint density at radius 2 is 1.59 bits per heavy atom. The lowest BCUT2D eigenvalue weighted by Crippen LogP contribution is -2.35. The summed E-state index contributed by atoms with van der Waals surface area (Å²) in [5.74, 6) is 2.92. The lowest BCUT2D eigenvalue weighted by atomic mass is 9.84. The van der Waals surface area contributed by atoms with Crippen LogP contribution in [0.15, 0.2) is 0 Å². The van der Waals surface area contributed by atoms with Gasteiger partial charge >= 0.3 is 0 Å². The third-order valence-corrected chi connectivity index (χ3v) is 4.82. The van der Waals surface area contributed by atoms with E-state index in [4.69, 9.17) is 5.73 Å². The Bertz CT molecular complexity index is 252. The van der Waals surface area contributed by atoms with Crippen LogP contribution in [0.25, 0.3) is 0 Å². The van der Waals surface area contributed by atoms with Crippen molar-refractivity contribution < 1.29 is 4.79 Å². The molecule has 3 aliphatic carbocycles. The number of carbonyl (C=O) groups is 1. The number of rotatable bonds is 4. The van der Waals surface area contributed by atoms with E-state index in [0.29, 0.717) is 5.92 Å². The van der Waals surface area contributed by atoms with Gasteiger partial charge in [0.25, 0.3) is 0 Å². The van der Waals surface area contributed by atoms with Crippen LogP contribution < -0.4 is 5.73 Å². The normalized spacial score (nSPS) is 34.7. The molecule has 3 fully saturated rings. The second-order valence-electron chi connectivity index (χ2n) is 6.62. The molecule has 3 aliphatic rings. The molecule has 0 saturated heterocycles. The van der Waals surface area contributed by atoms with Crippen molar-refractivity contribution in [1.29, 1.82) is 0 Å². The van der Waals surface area contributed by atoms with Gasteiger partial charge < -0.3 is 5.73 Å². The maximum Gasteiger partial charge on any atom is 0.152 e. The average Bonchev–Trinajstić information content (AvgIpc) is 2.59. The van der Waals surface area contributed by atoms with Gasteiger partial charge in [0.1, 0.15) is 0 Å². The molecular weight excluding hydrogens is 210 g/mol. The molecule has 2 heteroatoms. The van der Waals surface area contributed by atoms with E-state index in [1.807, 2.05) is 13.8 Å². The molecule has 0 heterocycles. The molecule has 1 unspecified atom stereocenters. The summed E-state index contributed by atoms with van der Waals surface area (Å²) in [6.07, 6.45) is 9.29. The van der Waals surface area contributed by atoms with E-state index >= 15 is 0 Å². The van der Waals surface area contributed by atoms with E-state index in [9.17, 15) is 4.79 Å². The minimum atomic E-state index is -0.211. The molecule has 2 nitrogen and oxygen atoms in total. The highest BCUT2D eigenvalue weighted by Crippen LogP contribution is 2.43. The van der Waals surface area contributed by atoms with Crippen molar-refractivity contribution in [3.05, 3.63) is 0 Å². The molecule has 3 rings (SSSR count). The summed E-state index contributed by atoms with van der Waals surface area (Å²) < 4.78 is 0. The molecule has 0 aromatic carbocycles. The highest BCUT2D eigenvalue weighted by Gasteiger charge is 2.32. The van der Waals surface area contributed by atoms with Crippen LogP contribution in [0.2, 0.25) is 0 Å². The van der Waals surface area contributed by atoms with Gasteiger partial charge in [0.2, 0.25) is 0 Å². The van der Waals surface area contributed by atoms with Gasteiger partial charge in [-0.05, 0) is 37.0 Å². The van der Waals surface area contributed by atoms with E-state index in [1.54, 1.807) is 0 Å². The summed E-state index contributed by atoms with van der Waals surface area (Å²) >= 11 is 0. The van der Waals surface area contributed by atoms with Crippen LogP contribution in [0.3, 0.4) is 0 Å². The molecule has 0 radical (unpaired) electrons. The maximum atomic E-state index is 11.9. The van der Waals surface area contributed by atoms with E-state index in [0.717, 1.165) is 18.3 Å². The van der Waals surface area contributed by atoms with Crippen molar-refractivity contribution in [1.82, 2.24) is 0 Å². The van der Waals surface area contributed by atoms with Crippen LogP contribution in [0.4, 0.5) is 0 Å². The van der Waals surface area contributed by atoms with Crippen LogP contribution in [0.1, 0.15) is 58.8 Å². The van der Waals surface area contributed by atoms with Crippen molar-refractivity contribution in [3.8, 4) is 0 Å². The zero-order chi connectivity index (χ0) is 12.4. The first kappa shape index (κ1) is 13.1. The van der Waals surface area contributed by atoms with Gasteiger partial charge in [-0.25, -0.2) is 0 Å². The molecule has 1 atom stereocenters. The smallest absolute Gasteiger partial charge is 0.152 e. The Hall–Kier alpha value is -0.370. The quantitative estimate of drug-likeness (QED) is 0.816. The second-order valence-corrected chi connectivity index (χ2v) is 6.62. The van der Waals surface area contributed by atoms with Gasteiger partial charge in [0, 0.05) is 5.92 Å². The third kappa shape index (κ3) is 3.31. The standard InChI is InChI=1S/C15H27NO/c1-10(2)15(17)14(16)9-13-7-11-3-4-12(8-13)6-5-11/h10-14H,3-9,16H2,1-2H3. The molecule has 0 aliphatic heterocycles. The Labute approximate surface area is 105 Å². The summed E-state index contributed by atoms with van der Waals surface area (Å²) in [6, 6.07) is -0.211. The third-order valence-electron chi connectivity index (χ3n) is 4.82. The summed E-state index contributed by atoms with van der Waals surface area (Å²) in [5.41, 5.74) is 6.06. The van der Waals surface area contributed by atoms with Gasteiger partial charge in [-0.2, -0.15) is 0 Å². The number of ketones is 1. The largest absolute Gasteiger partial charge is 0.321 e. The first-order chi connectivity index (χ1) is 8.06. The van der Waals surface area contributed by atoms with Crippen LogP contribution in [0.5, 0.6) is 0 Å². The first-order valence-corrected chi connectivity index (χ1v) is 7.35. The van der Waals surface area contributed by atoms with Crippen LogP contribution in [0, 0.1) is 23.7 Å². The van der Waals surface area contributed by atoms with E-state index in [2.05, 4.69) is 0 Å². The fourth-order valence-electron chi connectivity index (χ4n) is 3.84. The number of hydrogen-bond acceptors (Lipinski definition) is 2. The molecule has 0 amide bonds. The van der Waals surface area contributed by atoms with Crippen molar-refractivity contribution in [3.63, 3.8) is 0 Å². The predicted octanol–water partition coefficient (Wildman–Crippen LogP) is 3.15. The lowest BCUT2D eigenvalue weighted by Gasteiger charge is -2.22. The number of nitrogens with two attached hydrogens (primary N) is 1. The Morgan fingerprint density at radius 3 is 2.00 bits per heavy atom. The van der Waals surface area contributed by atoms with Crippen LogP contribution >= 0.6 is 0 Å². The van der Waals surface area contributed by atoms with Crippen molar-refractivity contribution in [2.24, 2.45) is 29.4 Å². The minimum Gasteiger partial charge on any atom is -0.321 e. The van der Waals surface area contributed by atoms with E-state index < -0.39 is 0 Å². The Kier molecular flexibility index (Phi) is 4.24. The molecule has 98 valence electrons. The average molecular weight is 237 g/mol. The predicted molar refractivity (Wildman–Crippen MR) is 70.6 cm³/mol. The van der Waals surface area contributed by atoms with Gasteiger partial charge in [0.05, 0.1) is 6.04 Å². The second kappa shape index (κ2) is 5.51. The van der Waals surface area contributed by atoms with Gasteiger partial charge in [0.15, 0.2) is 5.78 Å². The number of hydrogen-bond donors (Lipinski definition) is 1. The Morgan fingerprint density at radius 1 is 1.12 bits per heavy atom. The molecule has 0 aromatic rings. The summed E-state index contributed by atoms with van der Waals surface area (Å²) in [7, 11) is 0. The van der Waals surface area contributed by atoms with Gasteiger partial charge in [-0.1, -0.05) is 39.5 Å². The molecule has 17 heavy (non-hydrogen) atoms. The monoisotopic (exact) mass is 237 g/mol. The highest BCUT2D eigenvalue weighted by atomic mass is 16.1. The Balaban J connectivity index is 1.88. The van der Waals surface area contributed by atoms with E-state index in [1.165, 1.54) is 38.5 Å². The minimum absolute atomic E-state index is 0.0903. The summed E-state index contributed by atoms with van der Waals surface area (Å²) in [5, 5.41) is 0.